The predicted molar refractivity (Wildman–Crippen MR) is 129 cm³/mol. The third-order valence-corrected chi connectivity index (χ3v) is 6.81. The summed E-state index contributed by atoms with van der Waals surface area (Å²) in [5.74, 6) is 0.803. The Morgan fingerprint density at radius 1 is 0.943 bits per heavy atom. The van der Waals surface area contributed by atoms with Crippen LogP contribution in [-0.4, -0.2) is 38.6 Å². The minimum Gasteiger partial charge on any atom is -0.454 e. The van der Waals surface area contributed by atoms with Crippen molar-refractivity contribution in [2.24, 2.45) is 5.16 Å². The van der Waals surface area contributed by atoms with Crippen molar-refractivity contribution < 1.29 is 27.9 Å². The molecule has 0 unspecified atom stereocenters. The summed E-state index contributed by atoms with van der Waals surface area (Å²) in [4.78, 5) is 12.6. The highest BCUT2D eigenvalue weighted by molar-refractivity contribution is 7.89. The van der Waals surface area contributed by atoms with Crippen molar-refractivity contribution in [3.63, 3.8) is 0 Å². The summed E-state index contributed by atoms with van der Waals surface area (Å²) in [6.45, 7) is 0.540. The maximum absolute atomic E-state index is 12.8. The molecule has 0 fully saturated rings. The summed E-state index contributed by atoms with van der Waals surface area (Å²) in [5, 5.41) is 15.4. The largest absolute Gasteiger partial charge is 0.454 e. The van der Waals surface area contributed by atoms with Gasteiger partial charge in [0.2, 0.25) is 16.8 Å². The molecule has 0 atom stereocenters. The van der Waals surface area contributed by atoms with Crippen LogP contribution < -0.4 is 19.5 Å². The molecule has 35 heavy (non-hydrogen) atoms. The van der Waals surface area contributed by atoms with Crippen LogP contribution in [0.1, 0.15) is 34.3 Å². The topological polar surface area (TPSA) is 126 Å². The van der Waals surface area contributed by atoms with Crippen molar-refractivity contribution in [3.05, 3.63) is 89.5 Å². The van der Waals surface area contributed by atoms with Gasteiger partial charge in [-0.1, -0.05) is 47.6 Å². The monoisotopic (exact) mass is 495 g/mol. The first-order valence-electron chi connectivity index (χ1n) is 11.0. The summed E-state index contributed by atoms with van der Waals surface area (Å²) in [5.41, 5.74) is 2.29. The summed E-state index contributed by atoms with van der Waals surface area (Å²) in [6, 6.07) is 20.3. The Morgan fingerprint density at radius 3 is 2.51 bits per heavy atom. The number of carbonyl (C=O) groups excluding carboxylic acids is 1. The zero-order valence-corrected chi connectivity index (χ0v) is 19.6. The second-order valence-electron chi connectivity index (χ2n) is 7.81. The molecule has 0 aliphatic carbocycles. The van der Waals surface area contributed by atoms with Gasteiger partial charge >= 0.3 is 0 Å². The Balaban J connectivity index is 1.31. The van der Waals surface area contributed by atoms with Gasteiger partial charge in [-0.05, 0) is 54.3 Å². The number of amides is 1. The van der Waals surface area contributed by atoms with Crippen LogP contribution in [0.5, 0.6) is 11.5 Å². The number of nitrogens with one attached hydrogen (secondary N) is 2. The SMILES string of the molecule is O=C(NCCC/C(=N/O)c1ccccc1)c1cccc(S(=O)(=O)NCc2ccc3c(c2)OCO3)c1. The minimum absolute atomic E-state index is 0.00956. The van der Waals surface area contributed by atoms with Crippen molar-refractivity contribution in [1.82, 2.24) is 10.0 Å². The summed E-state index contributed by atoms with van der Waals surface area (Å²) in [6.07, 6.45) is 1.02. The number of fused-ring (bicyclic) bond motifs is 1. The van der Waals surface area contributed by atoms with E-state index in [0.29, 0.717) is 42.2 Å². The number of rotatable bonds is 10. The molecule has 0 radical (unpaired) electrons. The maximum Gasteiger partial charge on any atom is 0.251 e. The first kappa shape index (κ1) is 24.2. The second-order valence-corrected chi connectivity index (χ2v) is 9.58. The molecule has 182 valence electrons. The molecule has 9 nitrogen and oxygen atoms in total. The zero-order chi connectivity index (χ0) is 24.7. The molecule has 1 aliphatic heterocycles. The van der Waals surface area contributed by atoms with Crippen LogP contribution in [0.2, 0.25) is 0 Å². The third kappa shape index (κ3) is 6.17. The van der Waals surface area contributed by atoms with E-state index in [1.54, 1.807) is 24.3 Å². The van der Waals surface area contributed by atoms with E-state index in [1.807, 2.05) is 30.3 Å². The molecule has 0 aromatic heterocycles. The lowest BCUT2D eigenvalue weighted by atomic mass is 10.1. The van der Waals surface area contributed by atoms with Crippen LogP contribution in [0.3, 0.4) is 0 Å². The molecule has 0 spiro atoms. The predicted octanol–water partition coefficient (Wildman–Crippen LogP) is 3.28. The van der Waals surface area contributed by atoms with Crippen LogP contribution in [-0.2, 0) is 16.6 Å². The van der Waals surface area contributed by atoms with Gasteiger partial charge in [-0.15, -0.1) is 0 Å². The van der Waals surface area contributed by atoms with Gasteiger partial charge in [-0.25, -0.2) is 13.1 Å². The van der Waals surface area contributed by atoms with Crippen molar-refractivity contribution in [1.29, 1.82) is 0 Å². The molecule has 1 aliphatic rings. The van der Waals surface area contributed by atoms with E-state index in [2.05, 4.69) is 15.2 Å². The summed E-state index contributed by atoms with van der Waals surface area (Å²) >= 11 is 0. The summed E-state index contributed by atoms with van der Waals surface area (Å²) < 4.78 is 38.7. The van der Waals surface area contributed by atoms with E-state index in [4.69, 9.17) is 9.47 Å². The first-order chi connectivity index (χ1) is 17.0. The van der Waals surface area contributed by atoms with Crippen LogP contribution in [0, 0.1) is 0 Å². The highest BCUT2D eigenvalue weighted by Crippen LogP contribution is 2.32. The van der Waals surface area contributed by atoms with E-state index in [0.717, 1.165) is 5.56 Å². The molecule has 4 rings (SSSR count). The molecule has 10 heteroatoms. The van der Waals surface area contributed by atoms with E-state index >= 15 is 0 Å². The van der Waals surface area contributed by atoms with Gasteiger partial charge in [0, 0.05) is 18.7 Å². The van der Waals surface area contributed by atoms with Gasteiger partial charge in [0.25, 0.3) is 5.91 Å². The highest BCUT2D eigenvalue weighted by Gasteiger charge is 2.18. The number of ether oxygens (including phenoxy) is 2. The number of carbonyl (C=O) groups is 1. The van der Waals surface area contributed by atoms with E-state index in [1.165, 1.54) is 18.2 Å². The number of benzene rings is 3. The fourth-order valence-corrected chi connectivity index (χ4v) is 4.62. The van der Waals surface area contributed by atoms with Gasteiger partial charge in [0.1, 0.15) is 0 Å². The zero-order valence-electron chi connectivity index (χ0n) is 18.8. The van der Waals surface area contributed by atoms with Crippen molar-refractivity contribution >= 4 is 21.6 Å². The molecule has 3 aromatic rings. The lowest BCUT2D eigenvalue weighted by molar-refractivity contribution is 0.0953. The van der Waals surface area contributed by atoms with Crippen molar-refractivity contribution in [3.8, 4) is 11.5 Å². The molecule has 0 bridgehead atoms. The average Bonchev–Trinajstić information content (AvgIpc) is 3.36. The van der Waals surface area contributed by atoms with E-state index in [9.17, 15) is 18.4 Å². The minimum atomic E-state index is -3.84. The van der Waals surface area contributed by atoms with Gasteiger partial charge in [-0.3, -0.25) is 4.79 Å². The van der Waals surface area contributed by atoms with E-state index in [-0.39, 0.29) is 29.7 Å². The normalized spacial score (nSPS) is 13.0. The molecule has 0 saturated heterocycles. The molecule has 3 N–H and O–H groups in total. The van der Waals surface area contributed by atoms with Crippen molar-refractivity contribution in [2.75, 3.05) is 13.3 Å². The number of oxime groups is 1. The first-order valence-corrected chi connectivity index (χ1v) is 12.5. The lowest BCUT2D eigenvalue weighted by Crippen LogP contribution is -2.26. The fourth-order valence-electron chi connectivity index (χ4n) is 3.56. The lowest BCUT2D eigenvalue weighted by Gasteiger charge is -2.10. The standard InChI is InChI=1S/C25H25N3O6S/c29-25(26-13-5-10-22(28-30)19-6-2-1-3-7-19)20-8-4-9-21(15-20)35(31,32)27-16-18-11-12-23-24(14-18)34-17-33-23/h1-4,6-9,11-12,14-15,27,30H,5,10,13,16-17H2,(H,26,29)/b28-22-. The van der Waals surface area contributed by atoms with Crippen LogP contribution in [0.25, 0.3) is 0 Å². The molecule has 1 heterocycles. The molecule has 1 amide bonds. The highest BCUT2D eigenvalue weighted by atomic mass is 32.2. The quantitative estimate of drug-likeness (QED) is 0.172. The number of hydrogen-bond acceptors (Lipinski definition) is 7. The van der Waals surface area contributed by atoms with Gasteiger partial charge in [0.15, 0.2) is 11.5 Å². The number of sulfonamides is 1. The smallest absolute Gasteiger partial charge is 0.251 e. The Hall–Kier alpha value is -3.89. The average molecular weight is 496 g/mol. The Bertz CT molecular complexity index is 1330. The van der Waals surface area contributed by atoms with Crippen LogP contribution in [0.4, 0.5) is 0 Å². The third-order valence-electron chi connectivity index (χ3n) is 5.41. The number of hydrogen-bond donors (Lipinski definition) is 3. The molecule has 3 aromatic carbocycles. The van der Waals surface area contributed by atoms with Gasteiger partial charge in [-0.2, -0.15) is 0 Å². The molecule has 0 saturated carbocycles. The Kier molecular flexibility index (Phi) is 7.64. The van der Waals surface area contributed by atoms with Crippen LogP contribution in [0.15, 0.2) is 82.8 Å². The van der Waals surface area contributed by atoms with E-state index < -0.39 is 10.0 Å². The fraction of sp³-hybridized carbons (Fsp3) is 0.200. The van der Waals surface area contributed by atoms with Crippen molar-refractivity contribution in [2.45, 2.75) is 24.3 Å². The van der Waals surface area contributed by atoms with Crippen LogP contribution >= 0.6 is 0 Å². The maximum atomic E-state index is 12.8. The van der Waals surface area contributed by atoms with Gasteiger partial charge in [0.05, 0.1) is 10.6 Å². The molecular formula is C25H25N3O6S. The number of nitrogens with zero attached hydrogens (tertiary/aromatic N) is 1. The second kappa shape index (κ2) is 11.0. The van der Waals surface area contributed by atoms with Gasteiger partial charge < -0.3 is 20.0 Å². The Labute approximate surface area is 203 Å². The Morgan fingerprint density at radius 2 is 1.71 bits per heavy atom. The molecular weight excluding hydrogens is 470 g/mol. The summed E-state index contributed by atoms with van der Waals surface area (Å²) in [7, 11) is -3.84.